The van der Waals surface area contributed by atoms with Crippen LogP contribution in [-0.4, -0.2) is 53.7 Å². The van der Waals surface area contributed by atoms with E-state index in [-0.39, 0.29) is 22.3 Å². The SMILES string of the molecule is CC(=O)O[C@@H]1C[C@]2(C)C(=CC[C@@H]3[C@@]4(C)CC[C@H](O)C(C)(C)C4CC[C@]32C)C2CC(C)(C)[C@@H](OC(=O)c3ccccc3)[C@H](OC(=O)/C=C/c3ccccc3)[C@@]21C=O. The minimum absolute atomic E-state index is 0.0252. The van der Waals surface area contributed by atoms with Gasteiger partial charge in [0, 0.05) is 24.3 Å². The molecular weight excluding hydrogens is 705 g/mol. The number of aliphatic hydroxyl groups excluding tert-OH is 1. The Morgan fingerprint density at radius 3 is 2.09 bits per heavy atom. The van der Waals surface area contributed by atoms with Gasteiger partial charge in [-0.3, -0.25) is 4.79 Å². The number of carbonyl (C=O) groups is 4. The molecule has 0 radical (unpaired) electrons. The van der Waals surface area contributed by atoms with Gasteiger partial charge in [-0.15, -0.1) is 0 Å². The first-order valence-corrected chi connectivity index (χ1v) is 20.6. The highest BCUT2D eigenvalue weighted by atomic mass is 16.6. The van der Waals surface area contributed by atoms with Gasteiger partial charge in [-0.1, -0.05) is 109 Å². The first-order chi connectivity index (χ1) is 26.3. The molecule has 7 rings (SSSR count). The first-order valence-electron chi connectivity index (χ1n) is 20.6. The molecule has 5 aliphatic carbocycles. The molecule has 2 aromatic rings. The number of aliphatic hydroxyl groups is 1. The second-order valence-corrected chi connectivity index (χ2v) is 19.6. The van der Waals surface area contributed by atoms with Crippen LogP contribution in [0, 0.1) is 50.2 Å². The lowest BCUT2D eigenvalue weighted by molar-refractivity contribution is -0.247. The van der Waals surface area contributed by atoms with E-state index in [0.717, 1.165) is 49.5 Å². The molecule has 5 aliphatic rings. The van der Waals surface area contributed by atoms with E-state index in [1.165, 1.54) is 13.0 Å². The van der Waals surface area contributed by atoms with Crippen molar-refractivity contribution in [3.05, 3.63) is 89.5 Å². The maximum absolute atomic E-state index is 14.3. The third kappa shape index (κ3) is 6.11. The normalized spacial score (nSPS) is 39.4. The number of carbonyl (C=O) groups excluding carboxylic acids is 4. The fourth-order valence-electron chi connectivity index (χ4n) is 13.0. The van der Waals surface area contributed by atoms with Crippen LogP contribution in [-0.2, 0) is 28.6 Å². The number of aldehydes is 1. The molecular formula is C48H60O8. The lowest BCUT2D eigenvalue weighted by Crippen LogP contribution is -2.72. The molecule has 11 atom stereocenters. The highest BCUT2D eigenvalue weighted by Gasteiger charge is 2.74. The van der Waals surface area contributed by atoms with Crippen LogP contribution in [0.3, 0.4) is 0 Å². The summed E-state index contributed by atoms with van der Waals surface area (Å²) < 4.78 is 19.2. The van der Waals surface area contributed by atoms with Gasteiger partial charge in [0.1, 0.15) is 23.9 Å². The average molecular weight is 765 g/mol. The summed E-state index contributed by atoms with van der Waals surface area (Å²) >= 11 is 0. The van der Waals surface area contributed by atoms with Crippen molar-refractivity contribution < 1.29 is 38.5 Å². The van der Waals surface area contributed by atoms with Crippen molar-refractivity contribution in [3.63, 3.8) is 0 Å². The average Bonchev–Trinajstić information content (AvgIpc) is 3.14. The molecule has 0 heterocycles. The number of hydrogen-bond donors (Lipinski definition) is 1. The number of hydrogen-bond acceptors (Lipinski definition) is 8. The number of allylic oxidation sites excluding steroid dienone is 2. The Morgan fingerprint density at radius 2 is 1.45 bits per heavy atom. The smallest absolute Gasteiger partial charge is 0.338 e. The number of esters is 3. The maximum atomic E-state index is 14.3. The third-order valence-corrected chi connectivity index (χ3v) is 16.1. The number of fused-ring (bicyclic) bond motifs is 7. The molecule has 2 unspecified atom stereocenters. The van der Waals surface area contributed by atoms with Gasteiger partial charge in [0.2, 0.25) is 0 Å². The Morgan fingerprint density at radius 1 is 0.786 bits per heavy atom. The molecule has 4 fully saturated rings. The summed E-state index contributed by atoms with van der Waals surface area (Å²) in [4.78, 5) is 55.3. The van der Waals surface area contributed by atoms with Gasteiger partial charge in [-0.25, -0.2) is 9.59 Å². The quantitative estimate of drug-likeness (QED) is 0.0977. The predicted molar refractivity (Wildman–Crippen MR) is 214 cm³/mol. The Balaban J connectivity index is 1.37. The van der Waals surface area contributed by atoms with E-state index in [9.17, 15) is 24.3 Å². The van der Waals surface area contributed by atoms with Crippen LogP contribution < -0.4 is 0 Å². The third-order valence-electron chi connectivity index (χ3n) is 16.1. The molecule has 8 nitrogen and oxygen atoms in total. The second kappa shape index (κ2) is 14.1. The van der Waals surface area contributed by atoms with Gasteiger partial charge in [0.15, 0.2) is 6.10 Å². The minimum Gasteiger partial charge on any atom is -0.461 e. The Hall–Kier alpha value is -4.04. The lowest BCUT2D eigenvalue weighted by atomic mass is 9.33. The van der Waals surface area contributed by atoms with E-state index in [4.69, 9.17) is 14.2 Å². The summed E-state index contributed by atoms with van der Waals surface area (Å²) in [6.45, 7) is 17.0. The zero-order valence-electron chi connectivity index (χ0n) is 34.4. The van der Waals surface area contributed by atoms with Gasteiger partial charge in [-0.2, -0.15) is 0 Å². The van der Waals surface area contributed by atoms with Gasteiger partial charge in [0.25, 0.3) is 0 Å². The number of benzene rings is 2. The lowest BCUT2D eigenvalue weighted by Gasteiger charge is -2.72. The summed E-state index contributed by atoms with van der Waals surface area (Å²) in [7, 11) is 0. The van der Waals surface area contributed by atoms with Crippen molar-refractivity contribution in [2.45, 2.75) is 125 Å². The topological polar surface area (TPSA) is 116 Å². The zero-order chi connectivity index (χ0) is 40.5. The van der Waals surface area contributed by atoms with E-state index in [2.05, 4.69) is 40.7 Å². The summed E-state index contributed by atoms with van der Waals surface area (Å²) in [5.41, 5.74) is -0.996. The van der Waals surface area contributed by atoms with E-state index in [1.807, 2.05) is 50.2 Å². The summed E-state index contributed by atoms with van der Waals surface area (Å²) in [5, 5.41) is 11.2. The van der Waals surface area contributed by atoms with Crippen molar-refractivity contribution >= 4 is 30.3 Å². The molecule has 0 spiro atoms. The molecule has 0 amide bonds. The van der Waals surface area contributed by atoms with Crippen LogP contribution in [0.1, 0.15) is 116 Å². The van der Waals surface area contributed by atoms with E-state index < -0.39 is 58.4 Å². The van der Waals surface area contributed by atoms with Gasteiger partial charge in [-0.05, 0) is 102 Å². The van der Waals surface area contributed by atoms with Crippen molar-refractivity contribution in [2.75, 3.05) is 0 Å². The number of ether oxygens (including phenoxy) is 3. The molecule has 0 aromatic heterocycles. The van der Waals surface area contributed by atoms with Crippen molar-refractivity contribution in [3.8, 4) is 0 Å². The monoisotopic (exact) mass is 764 g/mol. The van der Waals surface area contributed by atoms with Crippen LogP contribution in [0.15, 0.2) is 78.4 Å². The van der Waals surface area contributed by atoms with Crippen LogP contribution in [0.2, 0.25) is 0 Å². The minimum atomic E-state index is -1.55. The van der Waals surface area contributed by atoms with Crippen molar-refractivity contribution in [1.29, 1.82) is 0 Å². The summed E-state index contributed by atoms with van der Waals surface area (Å²) in [6.07, 6.45) is 7.76. The fourth-order valence-corrected chi connectivity index (χ4v) is 13.0. The Kier molecular flexibility index (Phi) is 10.1. The van der Waals surface area contributed by atoms with Crippen LogP contribution in [0.5, 0.6) is 0 Å². The number of rotatable bonds is 7. The van der Waals surface area contributed by atoms with Crippen molar-refractivity contribution in [2.24, 2.45) is 50.2 Å². The molecule has 2 aromatic carbocycles. The molecule has 0 aliphatic heterocycles. The zero-order valence-corrected chi connectivity index (χ0v) is 34.4. The van der Waals surface area contributed by atoms with E-state index >= 15 is 0 Å². The molecule has 300 valence electrons. The van der Waals surface area contributed by atoms with Gasteiger partial charge >= 0.3 is 17.9 Å². The second-order valence-electron chi connectivity index (χ2n) is 19.6. The molecule has 1 N–H and O–H groups in total. The van der Waals surface area contributed by atoms with Gasteiger partial charge in [0.05, 0.1) is 11.7 Å². The Bertz CT molecular complexity index is 1910. The Labute approximate surface area is 332 Å². The molecule has 56 heavy (non-hydrogen) atoms. The van der Waals surface area contributed by atoms with Crippen LogP contribution in [0.4, 0.5) is 0 Å². The van der Waals surface area contributed by atoms with Crippen LogP contribution >= 0.6 is 0 Å². The predicted octanol–water partition coefficient (Wildman–Crippen LogP) is 8.96. The maximum Gasteiger partial charge on any atom is 0.338 e. The molecule has 0 bridgehead atoms. The highest BCUT2D eigenvalue weighted by Crippen LogP contribution is 2.76. The van der Waals surface area contributed by atoms with E-state index in [1.54, 1.807) is 30.3 Å². The first kappa shape index (κ1) is 40.2. The fraction of sp³-hybridized carbons (Fsp3) is 0.583. The molecule has 0 saturated heterocycles. The summed E-state index contributed by atoms with van der Waals surface area (Å²) in [6, 6.07) is 18.0. The van der Waals surface area contributed by atoms with Gasteiger partial charge < -0.3 is 24.1 Å². The van der Waals surface area contributed by atoms with E-state index in [0.29, 0.717) is 30.2 Å². The van der Waals surface area contributed by atoms with Crippen molar-refractivity contribution in [1.82, 2.24) is 0 Å². The largest absolute Gasteiger partial charge is 0.461 e. The highest BCUT2D eigenvalue weighted by molar-refractivity contribution is 5.90. The molecule has 8 heteroatoms. The van der Waals surface area contributed by atoms with Crippen LogP contribution in [0.25, 0.3) is 6.08 Å². The standard InChI is InChI=1S/C48H60O8/c1-30(50)54-38-28-47(8)33(20-21-36-45(6)25-24-37(51)44(4,5)35(45)23-26-46(36,47)7)34-27-43(2,3)40(56-42(53)32-17-13-10-14-18-32)41(48(34,38)29-49)55-39(52)22-19-31-15-11-9-12-16-31/h9-20,22,29,34-38,40-41,51H,21,23-28H2,1-8H3/b22-19+/t34?,35?,36-,37+,38-,40+,41+,45+,46-,47-,48+/m1/s1. The molecule has 4 saturated carbocycles. The summed E-state index contributed by atoms with van der Waals surface area (Å²) in [5.74, 6) is -1.65.